The van der Waals surface area contributed by atoms with Crippen LogP contribution in [0.25, 0.3) is 5.76 Å². The molecule has 172 valence electrons. The van der Waals surface area contributed by atoms with Crippen LogP contribution < -0.4 is 9.47 Å². The van der Waals surface area contributed by atoms with Gasteiger partial charge in [0, 0.05) is 18.5 Å². The molecule has 33 heavy (non-hydrogen) atoms. The van der Waals surface area contributed by atoms with Crippen LogP contribution in [0.5, 0.6) is 11.5 Å². The predicted molar refractivity (Wildman–Crippen MR) is 114 cm³/mol. The van der Waals surface area contributed by atoms with Crippen LogP contribution in [-0.4, -0.2) is 46.1 Å². The van der Waals surface area contributed by atoms with Gasteiger partial charge in [-0.15, -0.1) is 0 Å². The molecule has 9 heteroatoms. The molecule has 8 nitrogen and oxygen atoms in total. The first-order valence-electron chi connectivity index (χ1n) is 10.5. The second kappa shape index (κ2) is 9.32. The number of carboxylic acids is 1. The molecule has 0 saturated carbocycles. The number of Topliss-reactive ketones (excluding diaryl/α,β-unsaturated/α-hetero) is 1. The molecule has 2 aliphatic heterocycles. The van der Waals surface area contributed by atoms with Crippen LogP contribution in [0.3, 0.4) is 0 Å². The van der Waals surface area contributed by atoms with Gasteiger partial charge in [0.15, 0.2) is 11.5 Å². The fourth-order valence-electron chi connectivity index (χ4n) is 4.04. The fourth-order valence-corrected chi connectivity index (χ4v) is 4.04. The zero-order chi connectivity index (χ0) is 23.5. The summed E-state index contributed by atoms with van der Waals surface area (Å²) in [6.07, 6.45) is 1.51. The number of ether oxygens (including phenoxy) is 2. The van der Waals surface area contributed by atoms with Gasteiger partial charge in [0.05, 0.1) is 11.6 Å². The number of ketones is 1. The zero-order valence-corrected chi connectivity index (χ0v) is 17.6. The van der Waals surface area contributed by atoms with Crippen LogP contribution in [0, 0.1) is 5.82 Å². The number of rotatable bonds is 8. The Kier molecular flexibility index (Phi) is 6.30. The summed E-state index contributed by atoms with van der Waals surface area (Å²) in [4.78, 5) is 38.0. The number of carbonyl (C=O) groups is 3. The summed E-state index contributed by atoms with van der Waals surface area (Å²) in [5.41, 5.74) is 0.658. The van der Waals surface area contributed by atoms with Gasteiger partial charge >= 0.3 is 5.97 Å². The number of carbonyl (C=O) groups excluding carboxylic acids is 2. The molecular weight excluding hydrogens is 433 g/mol. The first kappa shape index (κ1) is 22.3. The molecule has 2 aliphatic rings. The summed E-state index contributed by atoms with van der Waals surface area (Å²) in [6.45, 7) is 0.252. The molecule has 1 amide bonds. The molecule has 1 unspecified atom stereocenters. The fraction of sp³-hybridized carbons (Fsp3) is 0.292. The maximum absolute atomic E-state index is 13.4. The maximum atomic E-state index is 13.4. The SMILES string of the molecule is O=C(O)CCCCCN1C(=O)C(=O)/C(=C(/O)c2ccc(F)cc2)C1c1ccc2c(c1)OCO2. The third-order valence-electron chi connectivity index (χ3n) is 5.66. The van der Waals surface area contributed by atoms with Gasteiger partial charge in [0.25, 0.3) is 11.7 Å². The maximum Gasteiger partial charge on any atom is 0.303 e. The molecule has 2 N–H and O–H groups in total. The van der Waals surface area contributed by atoms with Crippen LogP contribution in [0.1, 0.15) is 42.9 Å². The number of aliphatic hydroxyl groups excluding tert-OH is 1. The topological polar surface area (TPSA) is 113 Å². The van der Waals surface area contributed by atoms with Crippen molar-refractivity contribution in [3.63, 3.8) is 0 Å². The molecule has 0 bridgehead atoms. The lowest BCUT2D eigenvalue weighted by molar-refractivity contribution is -0.140. The number of likely N-dealkylation sites (tertiary alicyclic amines) is 1. The van der Waals surface area contributed by atoms with Gasteiger partial charge in [-0.05, 0) is 54.8 Å². The minimum absolute atomic E-state index is 0.0228. The molecule has 2 aromatic carbocycles. The van der Waals surface area contributed by atoms with Gasteiger partial charge in [0.1, 0.15) is 11.6 Å². The van der Waals surface area contributed by atoms with Crippen LogP contribution in [0.4, 0.5) is 4.39 Å². The Morgan fingerprint density at radius 2 is 1.73 bits per heavy atom. The van der Waals surface area contributed by atoms with Crippen molar-refractivity contribution in [2.24, 2.45) is 0 Å². The highest BCUT2D eigenvalue weighted by Gasteiger charge is 2.46. The Labute approximate surface area is 188 Å². The highest BCUT2D eigenvalue weighted by molar-refractivity contribution is 6.46. The van der Waals surface area contributed by atoms with Gasteiger partial charge in [-0.1, -0.05) is 12.5 Å². The molecule has 2 aromatic rings. The number of fused-ring (bicyclic) bond motifs is 1. The van der Waals surface area contributed by atoms with Gasteiger partial charge in [-0.2, -0.15) is 0 Å². The minimum Gasteiger partial charge on any atom is -0.507 e. The zero-order valence-electron chi connectivity index (χ0n) is 17.6. The van der Waals surface area contributed by atoms with Gasteiger partial charge in [-0.3, -0.25) is 14.4 Å². The van der Waals surface area contributed by atoms with Crippen molar-refractivity contribution in [1.82, 2.24) is 4.90 Å². The number of nitrogens with zero attached hydrogens (tertiary/aromatic N) is 1. The lowest BCUT2D eigenvalue weighted by Crippen LogP contribution is -2.30. The molecular formula is C24H22FNO7. The quantitative estimate of drug-likeness (QED) is 0.270. The second-order valence-electron chi connectivity index (χ2n) is 7.82. The number of carboxylic acid groups (broad SMARTS) is 1. The van der Waals surface area contributed by atoms with E-state index in [4.69, 9.17) is 14.6 Å². The van der Waals surface area contributed by atoms with Crippen molar-refractivity contribution < 1.29 is 38.5 Å². The highest BCUT2D eigenvalue weighted by Crippen LogP contribution is 2.43. The average molecular weight is 455 g/mol. The number of aliphatic carboxylic acids is 1. The Morgan fingerprint density at radius 3 is 2.45 bits per heavy atom. The number of benzene rings is 2. The molecule has 1 atom stereocenters. The summed E-state index contributed by atoms with van der Waals surface area (Å²) in [5, 5.41) is 19.8. The number of hydrogen-bond acceptors (Lipinski definition) is 6. The lowest BCUT2D eigenvalue weighted by atomic mass is 9.95. The van der Waals surface area contributed by atoms with Gasteiger partial charge in [0.2, 0.25) is 6.79 Å². The molecule has 0 spiro atoms. The monoisotopic (exact) mass is 455 g/mol. The number of hydrogen-bond donors (Lipinski definition) is 2. The molecule has 0 aromatic heterocycles. The number of unbranched alkanes of at least 4 members (excludes halogenated alkanes) is 2. The Bertz CT molecular complexity index is 1130. The first-order valence-corrected chi connectivity index (χ1v) is 10.5. The van der Waals surface area contributed by atoms with E-state index >= 15 is 0 Å². The standard InChI is InChI=1S/C24H22FNO7/c25-16-8-5-14(6-9-16)22(29)20-21(15-7-10-17-18(12-15)33-13-32-17)26(24(31)23(20)30)11-3-1-2-4-19(27)28/h5-10,12,21,29H,1-4,11,13H2,(H,27,28)/b22-20+. The summed E-state index contributed by atoms with van der Waals surface area (Å²) < 4.78 is 24.1. The van der Waals surface area contributed by atoms with Crippen molar-refractivity contribution >= 4 is 23.4 Å². The molecule has 0 radical (unpaired) electrons. The highest BCUT2D eigenvalue weighted by atomic mass is 19.1. The molecule has 4 rings (SSSR count). The van der Waals surface area contributed by atoms with Crippen molar-refractivity contribution in [2.45, 2.75) is 31.7 Å². The lowest BCUT2D eigenvalue weighted by Gasteiger charge is -2.25. The van der Waals surface area contributed by atoms with Crippen molar-refractivity contribution in [3.05, 3.63) is 65.0 Å². The van der Waals surface area contributed by atoms with E-state index in [9.17, 15) is 23.9 Å². The molecule has 1 saturated heterocycles. The summed E-state index contributed by atoms with van der Waals surface area (Å²) in [7, 11) is 0. The Morgan fingerprint density at radius 1 is 1.00 bits per heavy atom. The predicted octanol–water partition coefficient (Wildman–Crippen LogP) is 3.62. The third-order valence-corrected chi connectivity index (χ3v) is 5.66. The van der Waals surface area contributed by atoms with E-state index < -0.39 is 35.3 Å². The number of halogens is 1. The molecule has 2 heterocycles. The van der Waals surface area contributed by atoms with Gasteiger partial charge in [-0.25, -0.2) is 4.39 Å². The van der Waals surface area contributed by atoms with Crippen molar-refractivity contribution in [1.29, 1.82) is 0 Å². The first-order chi connectivity index (χ1) is 15.9. The van der Waals surface area contributed by atoms with Crippen molar-refractivity contribution in [3.8, 4) is 11.5 Å². The Hall–Kier alpha value is -3.88. The summed E-state index contributed by atoms with van der Waals surface area (Å²) >= 11 is 0. The average Bonchev–Trinajstić information content (AvgIpc) is 3.36. The van der Waals surface area contributed by atoms with E-state index in [0.29, 0.717) is 36.3 Å². The van der Waals surface area contributed by atoms with E-state index in [1.807, 2.05) is 0 Å². The number of aliphatic hydroxyl groups is 1. The molecule has 1 fully saturated rings. The van der Waals surface area contributed by atoms with Crippen LogP contribution >= 0.6 is 0 Å². The van der Waals surface area contributed by atoms with Crippen LogP contribution in [0.15, 0.2) is 48.0 Å². The Balaban J connectivity index is 1.70. The van der Waals surface area contributed by atoms with Gasteiger partial charge < -0.3 is 24.6 Å². The third kappa shape index (κ3) is 4.52. The van der Waals surface area contributed by atoms with E-state index in [0.717, 1.165) is 12.1 Å². The summed E-state index contributed by atoms with van der Waals surface area (Å²) in [5.74, 6) is -2.41. The van der Waals surface area contributed by atoms with E-state index in [1.165, 1.54) is 17.0 Å². The van der Waals surface area contributed by atoms with Crippen molar-refractivity contribution in [2.75, 3.05) is 13.3 Å². The number of amides is 1. The molecule has 0 aliphatic carbocycles. The van der Waals surface area contributed by atoms with Crippen LogP contribution in [0.2, 0.25) is 0 Å². The smallest absolute Gasteiger partial charge is 0.303 e. The minimum atomic E-state index is -0.893. The van der Waals surface area contributed by atoms with E-state index in [-0.39, 0.29) is 30.9 Å². The van der Waals surface area contributed by atoms with E-state index in [1.54, 1.807) is 18.2 Å². The normalized spacial score (nSPS) is 18.7. The summed E-state index contributed by atoms with van der Waals surface area (Å²) in [6, 6.07) is 9.12. The van der Waals surface area contributed by atoms with Crippen LogP contribution in [-0.2, 0) is 14.4 Å². The van der Waals surface area contributed by atoms with E-state index in [2.05, 4.69) is 0 Å². The largest absolute Gasteiger partial charge is 0.507 e. The second-order valence-corrected chi connectivity index (χ2v) is 7.82.